The van der Waals surface area contributed by atoms with E-state index in [2.05, 4.69) is 30.8 Å². The zero-order chi connectivity index (χ0) is 15.3. The molecule has 2 bridgehead atoms. The molecule has 0 saturated carbocycles. The van der Waals surface area contributed by atoms with Gasteiger partial charge >= 0.3 is 0 Å². The molecule has 0 aliphatic carbocycles. The Balaban J connectivity index is 1.73. The highest BCUT2D eigenvalue weighted by Gasteiger charge is 2.33. The van der Waals surface area contributed by atoms with Gasteiger partial charge in [-0.3, -0.25) is 9.48 Å². The topological polar surface area (TPSA) is 41.4 Å². The molecule has 3 aliphatic rings. The number of hydrogen-bond acceptors (Lipinski definition) is 3. The molecular weight excluding hydrogens is 344 g/mol. The number of carbonyl (C=O) groups excluding carboxylic acids is 1. The molecule has 3 saturated heterocycles. The van der Waals surface area contributed by atoms with Crippen LogP contribution in [0.4, 0.5) is 0 Å². The van der Waals surface area contributed by atoms with E-state index in [4.69, 9.17) is 0 Å². The number of aryl methyl sites for hydroxylation is 1. The smallest absolute Gasteiger partial charge is 0.275 e. The highest BCUT2D eigenvalue weighted by Crippen LogP contribution is 2.26. The number of halogens is 1. The van der Waals surface area contributed by atoms with Crippen molar-refractivity contribution >= 4 is 32.7 Å². The number of benzene rings is 1. The SMILES string of the molecule is Cn1nc(C(=O)N2CCN3CCC2CC3)c2ccc(Br)cc21. The van der Waals surface area contributed by atoms with Crippen molar-refractivity contribution in [3.63, 3.8) is 0 Å². The standard InChI is InChI=1S/C16H19BrN4O/c1-19-14-10-11(17)2-3-13(14)15(18-19)16(22)21-9-8-20-6-4-12(21)5-7-20/h2-3,10,12H,4-9H2,1H3. The first-order valence-electron chi connectivity index (χ1n) is 7.79. The van der Waals surface area contributed by atoms with Crippen molar-refractivity contribution in [1.29, 1.82) is 0 Å². The van der Waals surface area contributed by atoms with E-state index < -0.39 is 0 Å². The van der Waals surface area contributed by atoms with E-state index >= 15 is 0 Å². The molecule has 0 N–H and O–H groups in total. The second-order valence-electron chi connectivity index (χ2n) is 6.21. The van der Waals surface area contributed by atoms with Gasteiger partial charge in [-0.05, 0) is 31.0 Å². The molecule has 5 rings (SSSR count). The minimum absolute atomic E-state index is 0.0849. The molecule has 3 aliphatic heterocycles. The number of nitrogens with zero attached hydrogens (tertiary/aromatic N) is 4. The van der Waals surface area contributed by atoms with Crippen molar-refractivity contribution in [1.82, 2.24) is 19.6 Å². The Hall–Kier alpha value is -1.40. The zero-order valence-electron chi connectivity index (χ0n) is 12.6. The fourth-order valence-electron chi connectivity index (χ4n) is 3.68. The predicted octanol–water partition coefficient (Wildman–Crippen LogP) is 2.26. The molecule has 0 atom stereocenters. The molecule has 1 aromatic heterocycles. The number of hydrogen-bond donors (Lipinski definition) is 0. The van der Waals surface area contributed by atoms with Crippen LogP contribution in [0.15, 0.2) is 22.7 Å². The average molecular weight is 363 g/mol. The molecule has 0 unspecified atom stereocenters. The van der Waals surface area contributed by atoms with Gasteiger partial charge in [0.2, 0.25) is 0 Å². The van der Waals surface area contributed by atoms with E-state index in [0.717, 1.165) is 54.4 Å². The highest BCUT2D eigenvalue weighted by molar-refractivity contribution is 9.10. The molecule has 1 amide bonds. The van der Waals surface area contributed by atoms with Gasteiger partial charge in [-0.25, -0.2) is 0 Å². The van der Waals surface area contributed by atoms with Crippen LogP contribution in [0.25, 0.3) is 10.9 Å². The Labute approximate surface area is 138 Å². The molecule has 0 spiro atoms. The lowest BCUT2D eigenvalue weighted by Crippen LogP contribution is -2.41. The van der Waals surface area contributed by atoms with Crippen molar-refractivity contribution in [2.75, 3.05) is 26.2 Å². The van der Waals surface area contributed by atoms with Crippen LogP contribution in [-0.4, -0.2) is 57.7 Å². The van der Waals surface area contributed by atoms with Crippen LogP contribution < -0.4 is 0 Å². The summed E-state index contributed by atoms with van der Waals surface area (Å²) >= 11 is 3.48. The highest BCUT2D eigenvalue weighted by atomic mass is 79.9. The molecule has 1 aromatic carbocycles. The van der Waals surface area contributed by atoms with Crippen LogP contribution in [-0.2, 0) is 7.05 Å². The Morgan fingerprint density at radius 1 is 1.23 bits per heavy atom. The Bertz CT molecular complexity index is 733. The zero-order valence-corrected chi connectivity index (χ0v) is 14.2. The van der Waals surface area contributed by atoms with Crippen molar-refractivity contribution < 1.29 is 4.79 Å². The van der Waals surface area contributed by atoms with Gasteiger partial charge in [0.1, 0.15) is 0 Å². The molecule has 116 valence electrons. The molecule has 4 heterocycles. The maximum Gasteiger partial charge on any atom is 0.275 e. The van der Waals surface area contributed by atoms with E-state index in [-0.39, 0.29) is 5.91 Å². The summed E-state index contributed by atoms with van der Waals surface area (Å²) in [4.78, 5) is 17.6. The Kier molecular flexibility index (Phi) is 3.46. The fourth-order valence-corrected chi connectivity index (χ4v) is 4.03. The van der Waals surface area contributed by atoms with Gasteiger partial charge in [0.15, 0.2) is 5.69 Å². The third-order valence-corrected chi connectivity index (χ3v) is 5.43. The van der Waals surface area contributed by atoms with Gasteiger partial charge < -0.3 is 9.80 Å². The number of fused-ring (bicyclic) bond motifs is 5. The molecule has 5 nitrogen and oxygen atoms in total. The normalized spacial score (nSPS) is 24.7. The quantitative estimate of drug-likeness (QED) is 0.781. The minimum Gasteiger partial charge on any atom is -0.333 e. The van der Waals surface area contributed by atoms with Crippen LogP contribution in [0.1, 0.15) is 23.3 Å². The van der Waals surface area contributed by atoms with Crippen LogP contribution in [0.3, 0.4) is 0 Å². The van der Waals surface area contributed by atoms with Crippen molar-refractivity contribution in [3.8, 4) is 0 Å². The number of amides is 1. The first-order chi connectivity index (χ1) is 10.6. The van der Waals surface area contributed by atoms with E-state index in [0.29, 0.717) is 11.7 Å². The number of piperidine rings is 1. The molecule has 3 fully saturated rings. The summed E-state index contributed by atoms with van der Waals surface area (Å²) in [7, 11) is 1.89. The van der Waals surface area contributed by atoms with Crippen LogP contribution in [0.2, 0.25) is 0 Å². The summed E-state index contributed by atoms with van der Waals surface area (Å²) < 4.78 is 2.80. The van der Waals surface area contributed by atoms with E-state index in [1.807, 2.05) is 25.2 Å². The number of rotatable bonds is 1. The Morgan fingerprint density at radius 2 is 2.00 bits per heavy atom. The second kappa shape index (κ2) is 5.35. The average Bonchev–Trinajstić information content (AvgIpc) is 2.70. The van der Waals surface area contributed by atoms with Crippen LogP contribution in [0.5, 0.6) is 0 Å². The van der Waals surface area contributed by atoms with Crippen LogP contribution >= 0.6 is 15.9 Å². The molecule has 22 heavy (non-hydrogen) atoms. The number of aromatic nitrogens is 2. The van der Waals surface area contributed by atoms with E-state index in [1.54, 1.807) is 4.68 Å². The van der Waals surface area contributed by atoms with Gasteiger partial charge in [-0.1, -0.05) is 15.9 Å². The monoisotopic (exact) mass is 362 g/mol. The first kappa shape index (κ1) is 14.2. The summed E-state index contributed by atoms with van der Waals surface area (Å²) in [6, 6.07) is 6.34. The van der Waals surface area contributed by atoms with Crippen molar-refractivity contribution in [2.24, 2.45) is 7.05 Å². The van der Waals surface area contributed by atoms with E-state index in [9.17, 15) is 4.79 Å². The molecular formula is C16H19BrN4O. The summed E-state index contributed by atoms with van der Waals surface area (Å²) in [6.07, 6.45) is 2.17. The third-order valence-electron chi connectivity index (χ3n) is 4.93. The lowest BCUT2D eigenvalue weighted by atomic mass is 10.0. The van der Waals surface area contributed by atoms with Crippen LogP contribution in [0, 0.1) is 0 Å². The maximum absolute atomic E-state index is 13.1. The molecule has 0 radical (unpaired) electrons. The summed E-state index contributed by atoms with van der Waals surface area (Å²) in [6.45, 7) is 4.03. The van der Waals surface area contributed by atoms with Gasteiger partial charge in [0.25, 0.3) is 5.91 Å². The minimum atomic E-state index is 0.0849. The lowest BCUT2D eigenvalue weighted by Gasteiger charge is -2.31. The van der Waals surface area contributed by atoms with Crippen molar-refractivity contribution in [2.45, 2.75) is 18.9 Å². The van der Waals surface area contributed by atoms with Gasteiger partial charge in [-0.2, -0.15) is 5.10 Å². The van der Waals surface area contributed by atoms with E-state index in [1.165, 1.54) is 0 Å². The third kappa shape index (κ3) is 2.25. The lowest BCUT2D eigenvalue weighted by molar-refractivity contribution is 0.0680. The summed E-state index contributed by atoms with van der Waals surface area (Å²) in [5, 5.41) is 5.45. The second-order valence-corrected chi connectivity index (χ2v) is 7.12. The maximum atomic E-state index is 13.1. The summed E-state index contributed by atoms with van der Waals surface area (Å²) in [5.74, 6) is 0.0849. The van der Waals surface area contributed by atoms with Gasteiger partial charge in [0, 0.05) is 49.1 Å². The van der Waals surface area contributed by atoms with Crippen molar-refractivity contribution in [3.05, 3.63) is 28.4 Å². The Morgan fingerprint density at radius 3 is 2.77 bits per heavy atom. The first-order valence-corrected chi connectivity index (χ1v) is 8.58. The number of carbonyl (C=O) groups is 1. The van der Waals surface area contributed by atoms with Gasteiger partial charge in [0.05, 0.1) is 5.52 Å². The predicted molar refractivity (Wildman–Crippen MR) is 88.9 cm³/mol. The van der Waals surface area contributed by atoms with Gasteiger partial charge in [-0.15, -0.1) is 0 Å². The fraction of sp³-hybridized carbons (Fsp3) is 0.500. The largest absolute Gasteiger partial charge is 0.333 e. The summed E-state index contributed by atoms with van der Waals surface area (Å²) in [5.41, 5.74) is 1.57. The molecule has 6 heteroatoms. The molecule has 2 aromatic rings.